The van der Waals surface area contributed by atoms with E-state index in [1.807, 2.05) is 30.3 Å². The average Bonchev–Trinajstić information content (AvgIpc) is 2.17. The van der Waals surface area contributed by atoms with Crippen LogP contribution in [0.4, 0.5) is 0 Å². The number of benzene rings is 1. The number of halogens is 1. The van der Waals surface area contributed by atoms with Gasteiger partial charge in [-0.1, -0.05) is 30.3 Å². The quantitative estimate of drug-likeness (QED) is 0.836. The fourth-order valence-electron chi connectivity index (χ4n) is 1.30. The van der Waals surface area contributed by atoms with Crippen molar-refractivity contribution in [1.82, 2.24) is 5.32 Å². The second kappa shape index (κ2) is 6.85. The highest BCUT2D eigenvalue weighted by atomic mass is 35.5. The molecule has 0 saturated carbocycles. The third-order valence-corrected chi connectivity index (χ3v) is 1.96. The van der Waals surface area contributed by atoms with Crippen LogP contribution < -0.4 is 5.32 Å². The number of hydrogen-bond acceptors (Lipinski definition) is 2. The van der Waals surface area contributed by atoms with E-state index in [4.69, 9.17) is 5.11 Å². The van der Waals surface area contributed by atoms with Crippen LogP contribution in [-0.2, 0) is 16.0 Å². The van der Waals surface area contributed by atoms with Crippen LogP contribution in [0.15, 0.2) is 30.3 Å². The molecule has 0 aliphatic heterocycles. The Morgan fingerprint density at radius 3 is 2.31 bits per heavy atom. The van der Waals surface area contributed by atoms with Gasteiger partial charge in [-0.3, -0.25) is 4.79 Å². The smallest absolute Gasteiger partial charge is 0.326 e. The monoisotopic (exact) mass is 243 g/mol. The van der Waals surface area contributed by atoms with Gasteiger partial charge in [0.05, 0.1) is 0 Å². The lowest BCUT2D eigenvalue weighted by atomic mass is 10.1. The largest absolute Gasteiger partial charge is 0.480 e. The van der Waals surface area contributed by atoms with Crippen molar-refractivity contribution in [1.29, 1.82) is 0 Å². The summed E-state index contributed by atoms with van der Waals surface area (Å²) in [5.74, 6) is -1.35. The molecule has 0 aliphatic rings. The Hall–Kier alpha value is -1.55. The van der Waals surface area contributed by atoms with Gasteiger partial charge in [0.15, 0.2) is 0 Å². The van der Waals surface area contributed by atoms with Crippen molar-refractivity contribution in [3.8, 4) is 0 Å². The number of carbonyl (C=O) groups excluding carboxylic acids is 1. The zero-order chi connectivity index (χ0) is 11.3. The van der Waals surface area contributed by atoms with Crippen molar-refractivity contribution in [3.05, 3.63) is 35.9 Å². The highest BCUT2D eigenvalue weighted by molar-refractivity contribution is 5.85. The second-order valence-corrected chi connectivity index (χ2v) is 3.28. The van der Waals surface area contributed by atoms with Gasteiger partial charge in [-0.05, 0) is 5.56 Å². The Labute approximate surface area is 100 Å². The number of nitrogens with one attached hydrogen (secondary N) is 1. The van der Waals surface area contributed by atoms with Crippen molar-refractivity contribution < 1.29 is 14.7 Å². The van der Waals surface area contributed by atoms with Gasteiger partial charge in [0.2, 0.25) is 5.91 Å². The maximum Gasteiger partial charge on any atom is 0.326 e. The topological polar surface area (TPSA) is 66.4 Å². The van der Waals surface area contributed by atoms with E-state index in [2.05, 4.69) is 5.32 Å². The first-order chi connectivity index (χ1) is 7.09. The van der Waals surface area contributed by atoms with Crippen molar-refractivity contribution in [2.75, 3.05) is 0 Å². The van der Waals surface area contributed by atoms with Crippen molar-refractivity contribution in [3.63, 3.8) is 0 Å². The molecule has 1 rings (SSSR count). The minimum Gasteiger partial charge on any atom is -0.480 e. The van der Waals surface area contributed by atoms with Gasteiger partial charge in [0, 0.05) is 13.3 Å². The van der Waals surface area contributed by atoms with Gasteiger partial charge >= 0.3 is 5.97 Å². The first-order valence-electron chi connectivity index (χ1n) is 4.63. The molecule has 1 amide bonds. The number of hydrogen-bond donors (Lipinski definition) is 2. The zero-order valence-corrected chi connectivity index (χ0v) is 9.66. The molecule has 1 atom stereocenters. The van der Waals surface area contributed by atoms with Crippen LogP contribution >= 0.6 is 12.4 Å². The van der Waals surface area contributed by atoms with Crippen molar-refractivity contribution >= 4 is 24.3 Å². The molecule has 0 saturated heterocycles. The van der Waals surface area contributed by atoms with E-state index in [0.29, 0.717) is 6.42 Å². The van der Waals surface area contributed by atoms with Crippen LogP contribution in [0.3, 0.4) is 0 Å². The summed E-state index contributed by atoms with van der Waals surface area (Å²) in [6.07, 6.45) is 0.301. The Morgan fingerprint density at radius 1 is 1.31 bits per heavy atom. The Morgan fingerprint density at radius 2 is 1.88 bits per heavy atom. The SMILES string of the molecule is CC(=O)NC(Cc1ccccc1)C(=O)O.Cl. The molecule has 0 spiro atoms. The first kappa shape index (κ1) is 14.5. The summed E-state index contributed by atoms with van der Waals surface area (Å²) in [6, 6.07) is 8.34. The van der Waals surface area contributed by atoms with Crippen LogP contribution in [0.1, 0.15) is 12.5 Å². The summed E-state index contributed by atoms with van der Waals surface area (Å²) in [5.41, 5.74) is 0.888. The molecule has 0 radical (unpaired) electrons. The van der Waals surface area contributed by atoms with Crippen LogP contribution in [0, 0.1) is 0 Å². The van der Waals surface area contributed by atoms with Gasteiger partial charge < -0.3 is 10.4 Å². The van der Waals surface area contributed by atoms with Gasteiger partial charge in [-0.15, -0.1) is 12.4 Å². The Balaban J connectivity index is 0.00000225. The third kappa shape index (κ3) is 4.79. The number of carbonyl (C=O) groups is 2. The van der Waals surface area contributed by atoms with Crippen LogP contribution in [0.25, 0.3) is 0 Å². The lowest BCUT2D eigenvalue weighted by Gasteiger charge is -2.12. The summed E-state index contributed by atoms with van der Waals surface area (Å²) in [6.45, 7) is 1.31. The fourth-order valence-corrected chi connectivity index (χ4v) is 1.30. The van der Waals surface area contributed by atoms with Gasteiger partial charge in [0.25, 0.3) is 0 Å². The van der Waals surface area contributed by atoms with E-state index in [-0.39, 0.29) is 18.3 Å². The van der Waals surface area contributed by atoms with Crippen LogP contribution in [0.5, 0.6) is 0 Å². The number of amides is 1. The third-order valence-electron chi connectivity index (χ3n) is 1.96. The lowest BCUT2D eigenvalue weighted by molar-refractivity contribution is -0.141. The number of rotatable bonds is 4. The molecule has 0 heterocycles. The molecule has 4 nitrogen and oxygen atoms in total. The molecule has 16 heavy (non-hydrogen) atoms. The highest BCUT2D eigenvalue weighted by Crippen LogP contribution is 2.03. The average molecular weight is 244 g/mol. The molecular weight excluding hydrogens is 230 g/mol. The van der Waals surface area contributed by atoms with E-state index in [0.717, 1.165) is 5.56 Å². The summed E-state index contributed by atoms with van der Waals surface area (Å²) >= 11 is 0. The fraction of sp³-hybridized carbons (Fsp3) is 0.273. The van der Waals surface area contributed by atoms with Gasteiger partial charge in [0.1, 0.15) is 6.04 Å². The van der Waals surface area contributed by atoms with Gasteiger partial charge in [-0.2, -0.15) is 0 Å². The molecule has 0 fully saturated rings. The van der Waals surface area contributed by atoms with Crippen LogP contribution in [-0.4, -0.2) is 23.0 Å². The van der Waals surface area contributed by atoms with E-state index in [1.54, 1.807) is 0 Å². The molecule has 0 bridgehead atoms. The number of aliphatic carboxylic acids is 1. The predicted molar refractivity (Wildman–Crippen MR) is 62.6 cm³/mol. The van der Waals surface area contributed by atoms with E-state index in [9.17, 15) is 9.59 Å². The molecule has 1 aromatic rings. The lowest BCUT2D eigenvalue weighted by Crippen LogP contribution is -2.41. The van der Waals surface area contributed by atoms with Gasteiger partial charge in [-0.25, -0.2) is 4.79 Å². The van der Waals surface area contributed by atoms with E-state index >= 15 is 0 Å². The summed E-state index contributed by atoms with van der Waals surface area (Å²) in [4.78, 5) is 21.6. The molecular formula is C11H14ClNO3. The Kier molecular flexibility index (Phi) is 6.18. The van der Waals surface area contributed by atoms with E-state index < -0.39 is 12.0 Å². The molecule has 0 aliphatic carbocycles. The van der Waals surface area contributed by atoms with Crippen molar-refractivity contribution in [2.24, 2.45) is 0 Å². The Bertz CT molecular complexity index is 354. The first-order valence-corrected chi connectivity index (χ1v) is 4.63. The number of carboxylic acids is 1. The maximum atomic E-state index is 10.8. The molecule has 5 heteroatoms. The molecule has 2 N–H and O–H groups in total. The maximum absolute atomic E-state index is 10.8. The summed E-state index contributed by atoms with van der Waals surface area (Å²) < 4.78 is 0. The van der Waals surface area contributed by atoms with Crippen molar-refractivity contribution in [2.45, 2.75) is 19.4 Å². The zero-order valence-electron chi connectivity index (χ0n) is 8.84. The predicted octanol–water partition coefficient (Wildman–Crippen LogP) is 1.24. The van der Waals surface area contributed by atoms with Crippen LogP contribution in [0.2, 0.25) is 0 Å². The number of carboxylic acid groups (broad SMARTS) is 1. The minimum absolute atomic E-state index is 0. The highest BCUT2D eigenvalue weighted by Gasteiger charge is 2.18. The minimum atomic E-state index is -1.02. The normalized spacial score (nSPS) is 11.1. The second-order valence-electron chi connectivity index (χ2n) is 3.28. The molecule has 0 aromatic heterocycles. The molecule has 1 aromatic carbocycles. The standard InChI is InChI=1S/C11H13NO3.ClH/c1-8(13)12-10(11(14)15)7-9-5-3-2-4-6-9;/h2-6,10H,7H2,1H3,(H,12,13)(H,14,15);1H. The summed E-state index contributed by atoms with van der Waals surface area (Å²) in [5, 5.41) is 11.3. The summed E-state index contributed by atoms with van der Waals surface area (Å²) in [7, 11) is 0. The van der Waals surface area contributed by atoms with E-state index in [1.165, 1.54) is 6.92 Å². The molecule has 1 unspecified atom stereocenters. The molecule has 88 valence electrons.